The van der Waals surface area contributed by atoms with E-state index in [1.807, 2.05) is 29.1 Å². The summed E-state index contributed by atoms with van der Waals surface area (Å²) < 4.78 is 1.91. The highest BCUT2D eigenvalue weighted by Crippen LogP contribution is 2.30. The number of hydrogen-bond acceptors (Lipinski definition) is 2. The topological polar surface area (TPSA) is 43.8 Å². The second kappa shape index (κ2) is 6.23. The summed E-state index contributed by atoms with van der Waals surface area (Å²) in [4.78, 5) is 0. The maximum absolute atomic E-state index is 6.36. The molecular formula is C17H23N3. The van der Waals surface area contributed by atoms with Gasteiger partial charge in [-0.3, -0.25) is 0 Å². The van der Waals surface area contributed by atoms with Gasteiger partial charge in [0.05, 0.1) is 11.9 Å². The third-order valence-corrected chi connectivity index (χ3v) is 4.36. The first-order valence-electron chi connectivity index (χ1n) is 7.68. The molecule has 1 saturated carbocycles. The Labute approximate surface area is 120 Å². The third-order valence-electron chi connectivity index (χ3n) is 4.36. The minimum atomic E-state index is 0.121. The van der Waals surface area contributed by atoms with Crippen LogP contribution in [0.5, 0.6) is 0 Å². The van der Waals surface area contributed by atoms with Crippen molar-refractivity contribution in [1.29, 1.82) is 0 Å². The lowest BCUT2D eigenvalue weighted by Crippen LogP contribution is -2.17. The number of nitrogens with two attached hydrogens (primary N) is 1. The van der Waals surface area contributed by atoms with Crippen LogP contribution in [-0.4, -0.2) is 9.78 Å². The molecule has 0 saturated heterocycles. The first-order chi connectivity index (χ1) is 9.83. The summed E-state index contributed by atoms with van der Waals surface area (Å²) in [6.07, 6.45) is 11.9. The number of hydrogen-bond donors (Lipinski definition) is 1. The molecular weight excluding hydrogens is 246 g/mol. The Bertz CT molecular complexity index is 526. The molecule has 3 nitrogen and oxygen atoms in total. The van der Waals surface area contributed by atoms with E-state index in [4.69, 9.17) is 5.73 Å². The van der Waals surface area contributed by atoms with E-state index < -0.39 is 0 Å². The van der Waals surface area contributed by atoms with E-state index >= 15 is 0 Å². The lowest BCUT2D eigenvalue weighted by molar-refractivity contribution is 0.319. The smallest absolute Gasteiger partial charge is 0.0645 e. The molecule has 1 aromatic heterocycles. The Morgan fingerprint density at radius 3 is 2.65 bits per heavy atom. The van der Waals surface area contributed by atoms with Crippen molar-refractivity contribution in [2.75, 3.05) is 0 Å². The number of benzene rings is 1. The van der Waals surface area contributed by atoms with E-state index in [0.29, 0.717) is 0 Å². The highest BCUT2D eigenvalue weighted by molar-refractivity contribution is 5.31. The molecule has 3 heteroatoms. The van der Waals surface area contributed by atoms with Crippen LogP contribution in [-0.2, 0) is 0 Å². The van der Waals surface area contributed by atoms with Crippen molar-refractivity contribution in [1.82, 2.24) is 9.78 Å². The van der Waals surface area contributed by atoms with Gasteiger partial charge in [-0.05, 0) is 24.5 Å². The van der Waals surface area contributed by atoms with E-state index in [9.17, 15) is 0 Å². The molecule has 1 fully saturated rings. The summed E-state index contributed by atoms with van der Waals surface area (Å²) in [5, 5.41) is 4.44. The fourth-order valence-electron chi connectivity index (χ4n) is 3.17. The van der Waals surface area contributed by atoms with Gasteiger partial charge in [-0.2, -0.15) is 5.10 Å². The van der Waals surface area contributed by atoms with Crippen LogP contribution in [0.25, 0.3) is 5.69 Å². The van der Waals surface area contributed by atoms with Gasteiger partial charge in [0.15, 0.2) is 0 Å². The van der Waals surface area contributed by atoms with E-state index in [1.165, 1.54) is 32.1 Å². The largest absolute Gasteiger partial charge is 0.324 e. The Balaban J connectivity index is 1.66. The number of aromatic nitrogens is 2. The van der Waals surface area contributed by atoms with Crippen molar-refractivity contribution >= 4 is 0 Å². The predicted octanol–water partition coefficient (Wildman–Crippen LogP) is 3.84. The van der Waals surface area contributed by atoms with E-state index in [2.05, 4.69) is 23.4 Å². The average Bonchev–Trinajstić information content (AvgIpc) is 2.99. The first kappa shape index (κ1) is 13.4. The summed E-state index contributed by atoms with van der Waals surface area (Å²) in [5.74, 6) is 0.804. The standard InChI is InChI=1S/C17H23N3/c18-17(11-14-7-3-1-4-8-14)15-12-19-20(13-15)16-9-5-2-6-10-16/h2,5-6,9-10,12-14,17H,1,3-4,7-8,11,18H2. The van der Waals surface area contributed by atoms with Gasteiger partial charge in [-0.1, -0.05) is 50.3 Å². The summed E-state index contributed by atoms with van der Waals surface area (Å²) >= 11 is 0. The normalized spacial score (nSPS) is 18.1. The molecule has 0 radical (unpaired) electrons. The molecule has 2 N–H and O–H groups in total. The molecule has 106 valence electrons. The highest BCUT2D eigenvalue weighted by Gasteiger charge is 2.18. The quantitative estimate of drug-likeness (QED) is 0.916. The van der Waals surface area contributed by atoms with Crippen molar-refractivity contribution in [2.24, 2.45) is 11.7 Å². The molecule has 1 aliphatic rings. The SMILES string of the molecule is NC(CC1CCCCC1)c1cnn(-c2ccccc2)c1. The lowest BCUT2D eigenvalue weighted by atomic mass is 9.84. The van der Waals surface area contributed by atoms with Crippen LogP contribution in [0.4, 0.5) is 0 Å². The van der Waals surface area contributed by atoms with Gasteiger partial charge in [0.1, 0.15) is 0 Å². The molecule has 1 heterocycles. The number of nitrogens with zero attached hydrogens (tertiary/aromatic N) is 2. The molecule has 0 amide bonds. The van der Waals surface area contributed by atoms with E-state index in [0.717, 1.165) is 23.6 Å². The summed E-state index contributed by atoms with van der Waals surface area (Å²) in [5.41, 5.74) is 8.60. The third kappa shape index (κ3) is 3.10. The van der Waals surface area contributed by atoms with Gasteiger partial charge >= 0.3 is 0 Å². The molecule has 0 spiro atoms. The van der Waals surface area contributed by atoms with Crippen LogP contribution in [0.2, 0.25) is 0 Å². The zero-order chi connectivity index (χ0) is 13.8. The zero-order valence-corrected chi connectivity index (χ0v) is 11.9. The number of para-hydroxylation sites is 1. The van der Waals surface area contributed by atoms with Crippen LogP contribution in [0, 0.1) is 5.92 Å². The molecule has 1 unspecified atom stereocenters. The average molecular weight is 269 g/mol. The van der Waals surface area contributed by atoms with Gasteiger partial charge < -0.3 is 5.73 Å². The van der Waals surface area contributed by atoms with Gasteiger partial charge in [0.2, 0.25) is 0 Å². The monoisotopic (exact) mass is 269 g/mol. The van der Waals surface area contributed by atoms with Gasteiger partial charge in [-0.15, -0.1) is 0 Å². The van der Waals surface area contributed by atoms with Crippen LogP contribution in [0.1, 0.15) is 50.1 Å². The van der Waals surface area contributed by atoms with Crippen LogP contribution in [0.15, 0.2) is 42.7 Å². The fraction of sp³-hybridized carbons (Fsp3) is 0.471. The summed E-state index contributed by atoms with van der Waals surface area (Å²) in [6.45, 7) is 0. The van der Waals surface area contributed by atoms with E-state index in [1.54, 1.807) is 0 Å². The molecule has 1 atom stereocenters. The minimum absolute atomic E-state index is 0.121. The second-order valence-corrected chi connectivity index (χ2v) is 5.90. The number of rotatable bonds is 4. The Morgan fingerprint density at radius 1 is 1.15 bits per heavy atom. The second-order valence-electron chi connectivity index (χ2n) is 5.90. The highest BCUT2D eigenvalue weighted by atomic mass is 15.3. The molecule has 1 aromatic carbocycles. The Hall–Kier alpha value is -1.61. The Kier molecular flexibility index (Phi) is 4.16. The van der Waals surface area contributed by atoms with E-state index in [-0.39, 0.29) is 6.04 Å². The first-order valence-corrected chi connectivity index (χ1v) is 7.68. The molecule has 0 aliphatic heterocycles. The minimum Gasteiger partial charge on any atom is -0.324 e. The molecule has 1 aliphatic carbocycles. The van der Waals surface area contributed by atoms with Crippen LogP contribution in [0.3, 0.4) is 0 Å². The molecule has 3 rings (SSSR count). The van der Waals surface area contributed by atoms with Gasteiger partial charge in [0.25, 0.3) is 0 Å². The zero-order valence-electron chi connectivity index (χ0n) is 11.9. The summed E-state index contributed by atoms with van der Waals surface area (Å²) in [7, 11) is 0. The maximum Gasteiger partial charge on any atom is 0.0645 e. The lowest BCUT2D eigenvalue weighted by Gasteiger charge is -2.24. The van der Waals surface area contributed by atoms with Crippen molar-refractivity contribution in [3.05, 3.63) is 48.3 Å². The van der Waals surface area contributed by atoms with Crippen molar-refractivity contribution < 1.29 is 0 Å². The van der Waals surface area contributed by atoms with Gasteiger partial charge in [0, 0.05) is 17.8 Å². The van der Waals surface area contributed by atoms with Crippen LogP contribution < -0.4 is 5.73 Å². The molecule has 0 bridgehead atoms. The Morgan fingerprint density at radius 2 is 1.90 bits per heavy atom. The van der Waals surface area contributed by atoms with Crippen molar-refractivity contribution in [3.63, 3.8) is 0 Å². The van der Waals surface area contributed by atoms with Gasteiger partial charge in [-0.25, -0.2) is 4.68 Å². The molecule has 2 aromatic rings. The van der Waals surface area contributed by atoms with Crippen molar-refractivity contribution in [2.45, 2.75) is 44.6 Å². The van der Waals surface area contributed by atoms with Crippen molar-refractivity contribution in [3.8, 4) is 5.69 Å². The van der Waals surface area contributed by atoms with Crippen LogP contribution >= 0.6 is 0 Å². The molecule has 20 heavy (non-hydrogen) atoms. The maximum atomic E-state index is 6.36. The predicted molar refractivity (Wildman–Crippen MR) is 81.7 cm³/mol. The summed E-state index contributed by atoms with van der Waals surface area (Å²) in [6, 6.07) is 10.3. The fourth-order valence-corrected chi connectivity index (χ4v) is 3.17.